The van der Waals surface area contributed by atoms with E-state index in [0.717, 1.165) is 12.8 Å². The number of carbonyl (C=O) groups excluding carboxylic acids is 1. The molecule has 1 heterocycles. The fourth-order valence-electron chi connectivity index (χ4n) is 2.09. The first kappa shape index (κ1) is 15.5. The third-order valence-electron chi connectivity index (χ3n) is 3.25. The number of carbonyl (C=O) groups is 1. The lowest BCUT2D eigenvalue weighted by molar-refractivity contribution is -0.0748. The van der Waals surface area contributed by atoms with Crippen molar-refractivity contribution >= 4 is 18.5 Å². The molecule has 2 N–H and O–H groups in total. The molecule has 0 aromatic rings. The molecule has 0 bridgehead atoms. The Morgan fingerprint density at radius 1 is 1.50 bits per heavy atom. The highest BCUT2D eigenvalue weighted by molar-refractivity contribution is 5.85. The van der Waals surface area contributed by atoms with Crippen LogP contribution in [0, 0.1) is 0 Å². The van der Waals surface area contributed by atoms with Crippen LogP contribution in [-0.2, 0) is 9.47 Å². The topological polar surface area (TPSA) is 64.8 Å². The molecule has 1 amide bonds. The van der Waals surface area contributed by atoms with Crippen molar-refractivity contribution < 1.29 is 14.3 Å². The number of hydrogen-bond acceptors (Lipinski definition) is 4. The normalized spacial score (nSPS) is 25.6. The largest absolute Gasteiger partial charge is 0.444 e. The first-order valence-corrected chi connectivity index (χ1v) is 6.19. The quantitative estimate of drug-likeness (QED) is 0.790. The van der Waals surface area contributed by atoms with Crippen molar-refractivity contribution in [1.82, 2.24) is 4.90 Å². The lowest BCUT2D eigenvalue weighted by Gasteiger charge is -2.40. The Morgan fingerprint density at radius 2 is 2.11 bits per heavy atom. The van der Waals surface area contributed by atoms with Gasteiger partial charge in [-0.3, -0.25) is 4.90 Å². The van der Waals surface area contributed by atoms with Crippen molar-refractivity contribution in [3.63, 3.8) is 0 Å². The molecule has 0 aromatic carbocycles. The third-order valence-corrected chi connectivity index (χ3v) is 3.25. The molecule has 2 aliphatic rings. The summed E-state index contributed by atoms with van der Waals surface area (Å²) in [7, 11) is 0. The van der Waals surface area contributed by atoms with Crippen LogP contribution < -0.4 is 5.73 Å². The first-order valence-electron chi connectivity index (χ1n) is 6.19. The highest BCUT2D eigenvalue weighted by Gasteiger charge is 2.54. The maximum atomic E-state index is 12.1. The van der Waals surface area contributed by atoms with E-state index in [0.29, 0.717) is 19.7 Å². The first-order chi connectivity index (χ1) is 7.86. The van der Waals surface area contributed by atoms with E-state index in [1.807, 2.05) is 25.7 Å². The zero-order valence-corrected chi connectivity index (χ0v) is 12.1. The zero-order chi connectivity index (χ0) is 12.7. The van der Waals surface area contributed by atoms with Crippen LogP contribution >= 0.6 is 12.4 Å². The molecule has 1 atom stereocenters. The van der Waals surface area contributed by atoms with Gasteiger partial charge in [-0.15, -0.1) is 12.4 Å². The van der Waals surface area contributed by atoms with E-state index < -0.39 is 5.60 Å². The van der Waals surface area contributed by atoms with Crippen molar-refractivity contribution in [2.75, 3.05) is 19.7 Å². The van der Waals surface area contributed by atoms with E-state index in [1.54, 1.807) is 0 Å². The van der Waals surface area contributed by atoms with Crippen LogP contribution in [0.4, 0.5) is 4.79 Å². The SMILES string of the molecule is CC(C)(C)OC(=O)N1CC(CN)OCC12CC2.Cl. The lowest BCUT2D eigenvalue weighted by Crippen LogP contribution is -2.56. The van der Waals surface area contributed by atoms with Crippen molar-refractivity contribution in [3.8, 4) is 0 Å². The predicted molar refractivity (Wildman–Crippen MR) is 70.9 cm³/mol. The molecule has 18 heavy (non-hydrogen) atoms. The van der Waals surface area contributed by atoms with E-state index in [-0.39, 0.29) is 30.1 Å². The molecule has 1 saturated heterocycles. The highest BCUT2D eigenvalue weighted by Crippen LogP contribution is 2.45. The summed E-state index contributed by atoms with van der Waals surface area (Å²) in [5.74, 6) is 0. The minimum absolute atomic E-state index is 0. The molecular formula is C12H23ClN2O3. The second-order valence-electron chi connectivity index (χ2n) is 5.98. The molecule has 0 radical (unpaired) electrons. The Morgan fingerprint density at radius 3 is 2.56 bits per heavy atom. The molecule has 2 fully saturated rings. The summed E-state index contributed by atoms with van der Waals surface area (Å²) in [4.78, 5) is 14.0. The summed E-state index contributed by atoms with van der Waals surface area (Å²) in [6.07, 6.45) is 1.71. The molecule has 0 aromatic heterocycles. The number of ether oxygens (including phenoxy) is 2. The van der Waals surface area contributed by atoms with Gasteiger partial charge >= 0.3 is 6.09 Å². The maximum Gasteiger partial charge on any atom is 0.410 e. The smallest absolute Gasteiger partial charge is 0.410 e. The van der Waals surface area contributed by atoms with E-state index in [1.165, 1.54) is 0 Å². The van der Waals surface area contributed by atoms with Crippen molar-refractivity contribution in [1.29, 1.82) is 0 Å². The fourth-order valence-corrected chi connectivity index (χ4v) is 2.09. The zero-order valence-electron chi connectivity index (χ0n) is 11.3. The minimum atomic E-state index is -0.455. The summed E-state index contributed by atoms with van der Waals surface area (Å²) < 4.78 is 11.1. The molecule has 1 unspecified atom stereocenters. The number of morpholine rings is 1. The Balaban J connectivity index is 0.00000162. The molecule has 2 rings (SSSR count). The molecule has 1 saturated carbocycles. The molecule has 5 nitrogen and oxygen atoms in total. The predicted octanol–water partition coefficient (Wildman–Crippen LogP) is 1.54. The number of halogens is 1. The van der Waals surface area contributed by atoms with Crippen molar-refractivity contribution in [3.05, 3.63) is 0 Å². The van der Waals surface area contributed by atoms with Gasteiger partial charge in [0.15, 0.2) is 0 Å². The Labute approximate surface area is 114 Å². The Bertz CT molecular complexity index is 313. The standard InChI is InChI=1S/C12H22N2O3.ClH/c1-11(2,3)17-10(15)14-7-9(6-13)16-8-12(14)4-5-12;/h9H,4-8,13H2,1-3H3;1H. The van der Waals surface area contributed by atoms with E-state index in [4.69, 9.17) is 15.2 Å². The van der Waals surface area contributed by atoms with Gasteiger partial charge in [-0.1, -0.05) is 0 Å². The molecular weight excluding hydrogens is 256 g/mol. The molecule has 1 aliphatic heterocycles. The second kappa shape index (κ2) is 5.23. The van der Waals surface area contributed by atoms with Crippen molar-refractivity contribution in [2.24, 2.45) is 5.73 Å². The van der Waals surface area contributed by atoms with Crippen LogP contribution in [0.5, 0.6) is 0 Å². The van der Waals surface area contributed by atoms with Gasteiger partial charge in [0.25, 0.3) is 0 Å². The number of amides is 1. The maximum absolute atomic E-state index is 12.1. The second-order valence-corrected chi connectivity index (χ2v) is 5.98. The summed E-state index contributed by atoms with van der Waals surface area (Å²) in [6.45, 7) is 7.22. The van der Waals surface area contributed by atoms with Crippen LogP contribution in [0.3, 0.4) is 0 Å². The van der Waals surface area contributed by atoms with Gasteiger partial charge in [0.1, 0.15) is 5.60 Å². The third kappa shape index (κ3) is 3.28. The van der Waals surface area contributed by atoms with Gasteiger partial charge < -0.3 is 15.2 Å². The number of nitrogens with zero attached hydrogens (tertiary/aromatic N) is 1. The number of hydrogen-bond donors (Lipinski definition) is 1. The van der Waals surface area contributed by atoms with Gasteiger partial charge in [-0.05, 0) is 33.6 Å². The van der Waals surface area contributed by atoms with Crippen LogP contribution in [-0.4, -0.2) is 47.9 Å². The number of nitrogens with two attached hydrogens (primary N) is 1. The van der Waals surface area contributed by atoms with Crippen LogP contribution in [0.25, 0.3) is 0 Å². The lowest BCUT2D eigenvalue weighted by atomic mass is 10.1. The van der Waals surface area contributed by atoms with E-state index in [9.17, 15) is 4.79 Å². The van der Waals surface area contributed by atoms with Gasteiger partial charge in [-0.25, -0.2) is 4.79 Å². The minimum Gasteiger partial charge on any atom is -0.444 e. The van der Waals surface area contributed by atoms with E-state index >= 15 is 0 Å². The monoisotopic (exact) mass is 278 g/mol. The average molecular weight is 279 g/mol. The van der Waals surface area contributed by atoms with Crippen LogP contribution in [0.2, 0.25) is 0 Å². The summed E-state index contributed by atoms with van der Waals surface area (Å²) in [6, 6.07) is 0. The van der Waals surface area contributed by atoms with Gasteiger partial charge in [-0.2, -0.15) is 0 Å². The van der Waals surface area contributed by atoms with Crippen LogP contribution in [0.1, 0.15) is 33.6 Å². The van der Waals surface area contributed by atoms with E-state index in [2.05, 4.69) is 0 Å². The molecule has 1 aliphatic carbocycles. The van der Waals surface area contributed by atoms with Crippen molar-refractivity contribution in [2.45, 2.75) is 50.9 Å². The highest BCUT2D eigenvalue weighted by atomic mass is 35.5. The summed E-state index contributed by atoms with van der Waals surface area (Å²) in [5, 5.41) is 0. The fraction of sp³-hybridized carbons (Fsp3) is 0.917. The molecule has 6 heteroatoms. The van der Waals surface area contributed by atoms with Gasteiger partial charge in [0.2, 0.25) is 0 Å². The molecule has 106 valence electrons. The summed E-state index contributed by atoms with van der Waals surface area (Å²) in [5.41, 5.74) is 5.04. The van der Waals surface area contributed by atoms with Gasteiger partial charge in [0, 0.05) is 6.54 Å². The van der Waals surface area contributed by atoms with Crippen LogP contribution in [0.15, 0.2) is 0 Å². The number of rotatable bonds is 1. The average Bonchev–Trinajstić information content (AvgIpc) is 2.97. The molecule has 1 spiro atoms. The summed E-state index contributed by atoms with van der Waals surface area (Å²) >= 11 is 0. The van der Waals surface area contributed by atoms with Gasteiger partial charge in [0.05, 0.1) is 24.8 Å². The Kier molecular flexibility index (Phi) is 4.51. The Hall–Kier alpha value is -0.520.